The van der Waals surface area contributed by atoms with Gasteiger partial charge in [0, 0.05) is 12.7 Å². The Hall–Kier alpha value is -2.18. The zero-order valence-electron chi connectivity index (χ0n) is 11.9. The first-order valence-electron chi connectivity index (χ1n) is 6.43. The van der Waals surface area contributed by atoms with E-state index in [-0.39, 0.29) is 19.0 Å². The number of aryl methyl sites for hydroxylation is 1. The number of aromatic nitrogens is 2. The first kappa shape index (κ1) is 15.9. The topological polar surface area (TPSA) is 104 Å². The molecule has 1 unspecified atom stereocenters. The smallest absolute Gasteiger partial charge is 0.315 e. The summed E-state index contributed by atoms with van der Waals surface area (Å²) in [7, 11) is 0. The van der Waals surface area contributed by atoms with Crippen molar-refractivity contribution in [2.24, 2.45) is 11.8 Å². The van der Waals surface area contributed by atoms with Gasteiger partial charge in [0.2, 0.25) is 0 Å². The molecule has 0 aliphatic rings. The maximum absolute atomic E-state index is 11.6. The Morgan fingerprint density at radius 1 is 1.35 bits per heavy atom. The molecule has 0 aromatic carbocycles. The van der Waals surface area contributed by atoms with E-state index in [0.29, 0.717) is 11.5 Å². The lowest BCUT2D eigenvalue weighted by molar-refractivity contribution is -0.142. The van der Waals surface area contributed by atoms with Gasteiger partial charge in [-0.1, -0.05) is 13.8 Å². The second-order valence-electron chi connectivity index (χ2n) is 4.85. The lowest BCUT2D eigenvalue weighted by Gasteiger charge is -2.16. The highest BCUT2D eigenvalue weighted by Crippen LogP contribution is 2.09. The molecule has 2 amide bonds. The molecule has 0 saturated heterocycles. The molecule has 0 spiro atoms. The highest BCUT2D eigenvalue weighted by molar-refractivity contribution is 5.75. The predicted octanol–water partition coefficient (Wildman–Crippen LogP) is 0.941. The molecule has 1 rings (SSSR count). The molecule has 1 atom stereocenters. The summed E-state index contributed by atoms with van der Waals surface area (Å²) in [4.78, 5) is 30.7. The second-order valence-corrected chi connectivity index (χ2v) is 4.85. The first-order valence-corrected chi connectivity index (χ1v) is 6.43. The summed E-state index contributed by atoms with van der Waals surface area (Å²) in [5, 5.41) is 14.2. The molecule has 20 heavy (non-hydrogen) atoms. The predicted molar refractivity (Wildman–Crippen MR) is 73.0 cm³/mol. The van der Waals surface area contributed by atoms with Crippen LogP contribution in [0.4, 0.5) is 4.79 Å². The summed E-state index contributed by atoms with van der Waals surface area (Å²) in [5.41, 5.74) is 0.700. The summed E-state index contributed by atoms with van der Waals surface area (Å²) in [6, 6.07) is 1.30. The molecule has 0 aliphatic heterocycles. The number of carbonyl (C=O) groups excluding carboxylic acids is 1. The van der Waals surface area contributed by atoms with Crippen molar-refractivity contribution < 1.29 is 14.7 Å². The minimum atomic E-state index is -0.910. The zero-order valence-corrected chi connectivity index (χ0v) is 11.9. The van der Waals surface area contributed by atoms with Gasteiger partial charge in [0.15, 0.2) is 0 Å². The van der Waals surface area contributed by atoms with Crippen LogP contribution < -0.4 is 10.6 Å². The number of nitrogens with one attached hydrogen (secondary N) is 2. The Balaban J connectivity index is 2.39. The number of hydrogen-bond donors (Lipinski definition) is 3. The number of carboxylic acids is 1. The molecule has 0 radical (unpaired) electrons. The SMILES string of the molecule is Cc1nccc(CNC(=O)NCC(C(=O)O)C(C)C)n1. The molecule has 0 aliphatic carbocycles. The molecule has 1 aromatic heterocycles. The van der Waals surface area contributed by atoms with Crippen LogP contribution in [-0.2, 0) is 11.3 Å². The average Bonchev–Trinajstić information content (AvgIpc) is 2.35. The minimum Gasteiger partial charge on any atom is -0.481 e. The highest BCUT2D eigenvalue weighted by Gasteiger charge is 2.21. The van der Waals surface area contributed by atoms with Gasteiger partial charge in [-0.15, -0.1) is 0 Å². The second kappa shape index (κ2) is 7.42. The fourth-order valence-electron chi connectivity index (χ4n) is 1.65. The van der Waals surface area contributed by atoms with Gasteiger partial charge in [0.05, 0.1) is 18.2 Å². The van der Waals surface area contributed by atoms with Crippen LogP contribution in [0.5, 0.6) is 0 Å². The summed E-state index contributed by atoms with van der Waals surface area (Å²) in [5.74, 6) is -0.915. The van der Waals surface area contributed by atoms with Gasteiger partial charge in [-0.25, -0.2) is 14.8 Å². The van der Waals surface area contributed by atoms with E-state index in [4.69, 9.17) is 5.11 Å². The number of rotatable bonds is 6. The normalized spacial score (nSPS) is 12.0. The van der Waals surface area contributed by atoms with E-state index in [9.17, 15) is 9.59 Å². The van der Waals surface area contributed by atoms with Crippen molar-refractivity contribution in [2.75, 3.05) is 6.54 Å². The van der Waals surface area contributed by atoms with Gasteiger partial charge < -0.3 is 15.7 Å². The van der Waals surface area contributed by atoms with E-state index < -0.39 is 17.9 Å². The van der Waals surface area contributed by atoms with Crippen LogP contribution in [0.2, 0.25) is 0 Å². The van der Waals surface area contributed by atoms with E-state index in [1.54, 1.807) is 19.2 Å². The number of amides is 2. The third-order valence-corrected chi connectivity index (χ3v) is 2.87. The summed E-state index contributed by atoms with van der Waals surface area (Å²) in [6.45, 7) is 5.75. The van der Waals surface area contributed by atoms with Crippen LogP contribution in [0.3, 0.4) is 0 Å². The van der Waals surface area contributed by atoms with Crippen LogP contribution in [-0.4, -0.2) is 33.6 Å². The van der Waals surface area contributed by atoms with Crippen molar-refractivity contribution in [3.8, 4) is 0 Å². The monoisotopic (exact) mass is 280 g/mol. The number of hydrogen-bond acceptors (Lipinski definition) is 4. The largest absolute Gasteiger partial charge is 0.481 e. The zero-order chi connectivity index (χ0) is 15.1. The molecule has 7 nitrogen and oxygen atoms in total. The molecule has 3 N–H and O–H groups in total. The quantitative estimate of drug-likeness (QED) is 0.719. The summed E-state index contributed by atoms with van der Waals surface area (Å²) >= 11 is 0. The average molecular weight is 280 g/mol. The van der Waals surface area contributed by atoms with Crippen LogP contribution >= 0.6 is 0 Å². The number of carbonyl (C=O) groups is 2. The van der Waals surface area contributed by atoms with E-state index in [1.807, 2.05) is 13.8 Å². The maximum Gasteiger partial charge on any atom is 0.315 e. The number of aliphatic carboxylic acids is 1. The summed E-state index contributed by atoms with van der Waals surface area (Å²) in [6.07, 6.45) is 1.62. The molecule has 110 valence electrons. The van der Waals surface area contributed by atoms with Gasteiger partial charge in [-0.3, -0.25) is 4.79 Å². The standard InChI is InChI=1S/C13H20N4O3/c1-8(2)11(12(18)19)7-16-13(20)15-6-10-4-5-14-9(3)17-10/h4-5,8,11H,6-7H2,1-3H3,(H,18,19)(H2,15,16,20). The van der Waals surface area contributed by atoms with Crippen molar-refractivity contribution in [2.45, 2.75) is 27.3 Å². The lowest BCUT2D eigenvalue weighted by Crippen LogP contribution is -2.41. The van der Waals surface area contributed by atoms with Crippen molar-refractivity contribution in [1.82, 2.24) is 20.6 Å². The van der Waals surface area contributed by atoms with Crippen LogP contribution in [0.1, 0.15) is 25.4 Å². The fourth-order valence-corrected chi connectivity index (χ4v) is 1.65. The number of carboxylic acid groups (broad SMARTS) is 1. The third-order valence-electron chi connectivity index (χ3n) is 2.87. The molecule has 0 bridgehead atoms. The molecular weight excluding hydrogens is 260 g/mol. The Morgan fingerprint density at radius 3 is 2.60 bits per heavy atom. The van der Waals surface area contributed by atoms with Crippen molar-refractivity contribution in [1.29, 1.82) is 0 Å². The highest BCUT2D eigenvalue weighted by atomic mass is 16.4. The van der Waals surface area contributed by atoms with Gasteiger partial charge in [0.25, 0.3) is 0 Å². The van der Waals surface area contributed by atoms with Gasteiger partial charge in [0.1, 0.15) is 5.82 Å². The Bertz CT molecular complexity index is 476. The molecular formula is C13H20N4O3. The Labute approximate surface area is 117 Å². The van der Waals surface area contributed by atoms with Gasteiger partial charge in [-0.05, 0) is 18.9 Å². The Kier molecular flexibility index (Phi) is 5.89. The molecule has 0 saturated carbocycles. The van der Waals surface area contributed by atoms with Crippen LogP contribution in [0.15, 0.2) is 12.3 Å². The van der Waals surface area contributed by atoms with Crippen molar-refractivity contribution in [3.05, 3.63) is 23.8 Å². The van der Waals surface area contributed by atoms with Crippen LogP contribution in [0.25, 0.3) is 0 Å². The van der Waals surface area contributed by atoms with Gasteiger partial charge in [-0.2, -0.15) is 0 Å². The van der Waals surface area contributed by atoms with E-state index in [0.717, 1.165) is 0 Å². The molecule has 1 aromatic rings. The van der Waals surface area contributed by atoms with E-state index in [2.05, 4.69) is 20.6 Å². The third kappa shape index (κ3) is 5.21. The molecule has 7 heteroatoms. The number of nitrogens with zero attached hydrogens (tertiary/aromatic N) is 2. The van der Waals surface area contributed by atoms with Gasteiger partial charge >= 0.3 is 12.0 Å². The first-order chi connectivity index (χ1) is 9.40. The van der Waals surface area contributed by atoms with E-state index >= 15 is 0 Å². The van der Waals surface area contributed by atoms with Crippen molar-refractivity contribution >= 4 is 12.0 Å². The summed E-state index contributed by atoms with van der Waals surface area (Å²) < 4.78 is 0. The number of urea groups is 1. The lowest BCUT2D eigenvalue weighted by atomic mass is 9.96. The van der Waals surface area contributed by atoms with Crippen molar-refractivity contribution in [3.63, 3.8) is 0 Å². The maximum atomic E-state index is 11.6. The molecule has 1 heterocycles. The Morgan fingerprint density at radius 2 is 2.05 bits per heavy atom. The van der Waals surface area contributed by atoms with E-state index in [1.165, 1.54) is 0 Å². The minimum absolute atomic E-state index is 0.0442. The fraction of sp³-hybridized carbons (Fsp3) is 0.538. The molecule has 0 fully saturated rings. The van der Waals surface area contributed by atoms with Crippen LogP contribution in [0, 0.1) is 18.8 Å².